The Hall–Kier alpha value is -1.58. The van der Waals surface area contributed by atoms with E-state index in [1.807, 2.05) is 30.5 Å². The fourth-order valence-electron chi connectivity index (χ4n) is 4.36. The molecule has 1 aromatic heterocycles. The normalized spacial score (nSPS) is 24.3. The van der Waals surface area contributed by atoms with Crippen LogP contribution in [0, 0.1) is 11.8 Å². The molecule has 0 bridgehead atoms. The topological polar surface area (TPSA) is 80.8 Å². The van der Waals surface area contributed by atoms with E-state index in [0.29, 0.717) is 38.8 Å². The number of para-hydroxylation sites is 1. The van der Waals surface area contributed by atoms with Gasteiger partial charge in [-0.2, -0.15) is 17.4 Å². The van der Waals surface area contributed by atoms with Crippen LogP contribution in [0.2, 0.25) is 0 Å². The first kappa shape index (κ1) is 20.7. The number of nitrogens with zero attached hydrogens (tertiary/aromatic N) is 2. The predicted octanol–water partition coefficient (Wildman–Crippen LogP) is 1.99. The van der Waals surface area contributed by atoms with Crippen molar-refractivity contribution in [1.29, 1.82) is 0 Å². The van der Waals surface area contributed by atoms with Crippen molar-refractivity contribution in [1.82, 2.24) is 14.0 Å². The summed E-state index contributed by atoms with van der Waals surface area (Å²) in [6.07, 6.45) is 4.24. The number of hydrogen-bond acceptors (Lipinski definition) is 5. The van der Waals surface area contributed by atoms with Crippen molar-refractivity contribution in [3.63, 3.8) is 0 Å². The van der Waals surface area contributed by atoms with Crippen LogP contribution in [-0.2, 0) is 26.1 Å². The summed E-state index contributed by atoms with van der Waals surface area (Å²) < 4.78 is 41.2. The zero-order valence-electron chi connectivity index (χ0n) is 16.8. The van der Waals surface area contributed by atoms with Crippen molar-refractivity contribution in [2.75, 3.05) is 40.0 Å². The Bertz CT molecular complexity index is 923. The van der Waals surface area contributed by atoms with Crippen LogP contribution in [0.15, 0.2) is 36.5 Å². The van der Waals surface area contributed by atoms with Crippen LogP contribution >= 0.6 is 0 Å². The van der Waals surface area contributed by atoms with Gasteiger partial charge in [0.05, 0.1) is 24.8 Å². The van der Waals surface area contributed by atoms with Crippen molar-refractivity contribution >= 4 is 21.1 Å². The van der Waals surface area contributed by atoms with Gasteiger partial charge in [-0.25, -0.2) is 0 Å². The highest BCUT2D eigenvalue weighted by Crippen LogP contribution is 2.25. The van der Waals surface area contributed by atoms with Gasteiger partial charge in [0.25, 0.3) is 10.2 Å². The van der Waals surface area contributed by atoms with Gasteiger partial charge in [0.1, 0.15) is 0 Å². The van der Waals surface area contributed by atoms with Gasteiger partial charge in [-0.3, -0.25) is 4.98 Å². The molecule has 2 aromatic rings. The molecule has 0 amide bonds. The second-order valence-corrected chi connectivity index (χ2v) is 9.72. The zero-order valence-corrected chi connectivity index (χ0v) is 17.6. The summed E-state index contributed by atoms with van der Waals surface area (Å²) >= 11 is 0. The van der Waals surface area contributed by atoms with Crippen LogP contribution in [0.25, 0.3) is 10.9 Å². The molecule has 0 saturated carbocycles. The van der Waals surface area contributed by atoms with E-state index in [2.05, 4.69) is 15.8 Å². The summed E-state index contributed by atoms with van der Waals surface area (Å²) in [6.45, 7) is 2.74. The SMILES string of the molecule is COCC1CCN(S(=O)(=O)N[C@@H]2COC[C@H]2Cc2ccnc3ccccc23)CC1. The molecule has 1 aromatic carbocycles. The predicted molar refractivity (Wildman–Crippen MR) is 112 cm³/mol. The van der Waals surface area contributed by atoms with Gasteiger partial charge in [0, 0.05) is 44.3 Å². The highest BCUT2D eigenvalue weighted by molar-refractivity contribution is 7.87. The van der Waals surface area contributed by atoms with Crippen LogP contribution in [0.4, 0.5) is 0 Å². The average Bonchev–Trinajstić information content (AvgIpc) is 3.15. The maximum Gasteiger partial charge on any atom is 0.279 e. The number of methoxy groups -OCH3 is 1. The minimum Gasteiger partial charge on any atom is -0.384 e. The monoisotopic (exact) mass is 419 g/mol. The van der Waals surface area contributed by atoms with Crippen LogP contribution in [0.1, 0.15) is 18.4 Å². The van der Waals surface area contributed by atoms with Gasteiger partial charge in [-0.15, -0.1) is 0 Å². The molecule has 3 heterocycles. The second-order valence-electron chi connectivity index (χ2n) is 8.02. The minimum atomic E-state index is -3.52. The second kappa shape index (κ2) is 9.06. The Balaban J connectivity index is 1.42. The summed E-state index contributed by atoms with van der Waals surface area (Å²) in [7, 11) is -1.83. The molecule has 0 spiro atoms. The largest absolute Gasteiger partial charge is 0.384 e. The molecule has 2 aliphatic rings. The molecule has 2 fully saturated rings. The molecule has 2 saturated heterocycles. The van der Waals surface area contributed by atoms with Gasteiger partial charge in [-0.1, -0.05) is 18.2 Å². The van der Waals surface area contributed by atoms with Crippen molar-refractivity contribution in [2.24, 2.45) is 11.8 Å². The lowest BCUT2D eigenvalue weighted by Crippen LogP contribution is -2.50. The lowest BCUT2D eigenvalue weighted by molar-refractivity contribution is 0.121. The molecule has 4 rings (SSSR count). The molecule has 2 aliphatic heterocycles. The van der Waals surface area contributed by atoms with Crippen LogP contribution < -0.4 is 4.72 Å². The molecule has 8 heteroatoms. The maximum atomic E-state index is 12.9. The smallest absolute Gasteiger partial charge is 0.279 e. The Morgan fingerprint density at radius 3 is 2.79 bits per heavy atom. The van der Waals surface area contributed by atoms with Crippen molar-refractivity contribution in [2.45, 2.75) is 25.3 Å². The zero-order chi connectivity index (χ0) is 20.3. The highest BCUT2D eigenvalue weighted by atomic mass is 32.2. The third-order valence-electron chi connectivity index (χ3n) is 6.04. The maximum absolute atomic E-state index is 12.9. The third kappa shape index (κ3) is 4.78. The minimum absolute atomic E-state index is 0.0987. The fraction of sp³-hybridized carbons (Fsp3) is 0.571. The molecule has 158 valence electrons. The van der Waals surface area contributed by atoms with Crippen LogP contribution in [-0.4, -0.2) is 63.8 Å². The lowest BCUT2D eigenvalue weighted by atomic mass is 9.93. The molecule has 0 aliphatic carbocycles. The number of benzene rings is 1. The lowest BCUT2D eigenvalue weighted by Gasteiger charge is -2.32. The standard InChI is InChI=1S/C21H29N3O4S/c1-27-13-16-7-10-24(11-8-16)29(25,26)23-21-15-28-14-18(21)12-17-6-9-22-20-5-3-2-4-19(17)20/h2-6,9,16,18,21,23H,7-8,10-15H2,1H3/t18-,21-/m1/s1. The average molecular weight is 420 g/mol. The van der Waals surface area contributed by atoms with Gasteiger partial charge < -0.3 is 9.47 Å². The van der Waals surface area contributed by atoms with E-state index in [9.17, 15) is 8.42 Å². The van der Waals surface area contributed by atoms with Crippen LogP contribution in [0.5, 0.6) is 0 Å². The molecule has 1 N–H and O–H groups in total. The van der Waals surface area contributed by atoms with Crippen molar-refractivity contribution in [3.05, 3.63) is 42.1 Å². The van der Waals surface area contributed by atoms with Gasteiger partial charge in [0.15, 0.2) is 0 Å². The molecule has 2 atom stereocenters. The van der Waals surface area contributed by atoms with Crippen molar-refractivity contribution < 1.29 is 17.9 Å². The first-order valence-corrected chi connectivity index (χ1v) is 11.7. The van der Waals surface area contributed by atoms with E-state index in [0.717, 1.165) is 30.2 Å². The first-order valence-electron chi connectivity index (χ1n) is 10.2. The fourth-order valence-corrected chi connectivity index (χ4v) is 5.85. The van der Waals surface area contributed by atoms with E-state index in [1.165, 1.54) is 5.56 Å². The van der Waals surface area contributed by atoms with E-state index in [4.69, 9.17) is 9.47 Å². The highest BCUT2D eigenvalue weighted by Gasteiger charge is 2.35. The Kier molecular flexibility index (Phi) is 6.46. The number of fused-ring (bicyclic) bond motifs is 1. The van der Waals surface area contributed by atoms with Crippen molar-refractivity contribution in [3.8, 4) is 0 Å². The third-order valence-corrected chi connectivity index (χ3v) is 7.68. The number of pyridine rings is 1. The molecule has 0 radical (unpaired) electrons. The molecular weight excluding hydrogens is 390 g/mol. The Labute approximate surface area is 172 Å². The summed E-state index contributed by atoms with van der Waals surface area (Å²) in [5.41, 5.74) is 2.13. The number of hydrogen-bond donors (Lipinski definition) is 1. The first-order chi connectivity index (χ1) is 14.1. The number of piperidine rings is 1. The summed E-state index contributed by atoms with van der Waals surface area (Å²) in [6, 6.07) is 9.85. The van der Waals surface area contributed by atoms with E-state index < -0.39 is 10.2 Å². The van der Waals surface area contributed by atoms with Gasteiger partial charge in [-0.05, 0) is 42.9 Å². The summed E-state index contributed by atoms with van der Waals surface area (Å²) in [4.78, 5) is 4.42. The van der Waals surface area contributed by atoms with E-state index in [-0.39, 0.29) is 12.0 Å². The van der Waals surface area contributed by atoms with Crippen LogP contribution in [0.3, 0.4) is 0 Å². The van der Waals surface area contributed by atoms with E-state index >= 15 is 0 Å². The van der Waals surface area contributed by atoms with Gasteiger partial charge in [0.2, 0.25) is 0 Å². The summed E-state index contributed by atoms with van der Waals surface area (Å²) in [5, 5.41) is 1.11. The molecule has 0 unspecified atom stereocenters. The number of rotatable bonds is 7. The number of aromatic nitrogens is 1. The van der Waals surface area contributed by atoms with E-state index in [1.54, 1.807) is 11.4 Å². The number of ether oxygens (including phenoxy) is 2. The Morgan fingerprint density at radius 2 is 2.00 bits per heavy atom. The number of nitrogens with one attached hydrogen (secondary N) is 1. The summed E-state index contributed by atoms with van der Waals surface area (Å²) in [5.74, 6) is 0.538. The molecule has 29 heavy (non-hydrogen) atoms. The van der Waals surface area contributed by atoms with Gasteiger partial charge >= 0.3 is 0 Å². The molecule has 7 nitrogen and oxygen atoms in total. The Morgan fingerprint density at radius 1 is 1.21 bits per heavy atom. The molecular formula is C21H29N3O4S. The quantitative estimate of drug-likeness (QED) is 0.742.